The van der Waals surface area contributed by atoms with Crippen LogP contribution in [-0.4, -0.2) is 24.5 Å². The maximum Gasteiger partial charge on any atom is 0.321 e. The van der Waals surface area contributed by atoms with Crippen molar-refractivity contribution >= 4 is 11.8 Å². The number of rotatable bonds is 4. The van der Waals surface area contributed by atoms with E-state index in [1.807, 2.05) is 6.07 Å². The van der Waals surface area contributed by atoms with Gasteiger partial charge in [-0.1, -0.05) is 6.08 Å². The predicted octanol–water partition coefficient (Wildman–Crippen LogP) is 3.34. The Hall–Kier alpha value is -2.10. The molecule has 0 aliphatic heterocycles. The molecule has 1 aromatic carbocycles. The van der Waals surface area contributed by atoms with Crippen molar-refractivity contribution in [1.82, 2.24) is 0 Å². The minimum atomic E-state index is -1.20. The quantitative estimate of drug-likeness (QED) is 0.486. The Morgan fingerprint density at radius 1 is 1.41 bits per heavy atom. The first-order valence-electron chi connectivity index (χ1n) is 7.29. The molecule has 0 bridgehead atoms. The Morgan fingerprint density at radius 3 is 2.64 bits per heavy atom. The largest absolute Gasteiger partial charge is 0.497 e. The van der Waals surface area contributed by atoms with Crippen LogP contribution in [0.1, 0.15) is 43.1 Å². The van der Waals surface area contributed by atoms with Crippen molar-refractivity contribution in [2.75, 3.05) is 7.11 Å². The molecule has 0 radical (unpaired) electrons. The highest BCUT2D eigenvalue weighted by molar-refractivity contribution is 6.16. The second-order valence-electron chi connectivity index (χ2n) is 6.61. The molecule has 0 saturated heterocycles. The third-order valence-electron chi connectivity index (χ3n) is 3.77. The molecule has 1 aliphatic carbocycles. The lowest BCUT2D eigenvalue weighted by molar-refractivity contribution is -0.164. The molecule has 22 heavy (non-hydrogen) atoms. The van der Waals surface area contributed by atoms with Crippen LogP contribution in [-0.2, 0) is 16.0 Å². The average molecular weight is 302 g/mol. The Bertz CT molecular complexity index is 624. The summed E-state index contributed by atoms with van der Waals surface area (Å²) in [6.07, 6.45) is 2.18. The van der Waals surface area contributed by atoms with Crippen LogP contribution < -0.4 is 4.74 Å². The summed E-state index contributed by atoms with van der Waals surface area (Å²) in [5.41, 5.74) is -0.465. The van der Waals surface area contributed by atoms with Crippen molar-refractivity contribution in [3.63, 3.8) is 0 Å². The molecule has 4 heteroatoms. The highest BCUT2D eigenvalue weighted by Gasteiger charge is 2.52. The monoisotopic (exact) mass is 302 g/mol. The zero-order chi connectivity index (χ0) is 16.5. The molecule has 1 aromatic rings. The molecular weight excluding hydrogens is 280 g/mol. The third-order valence-corrected chi connectivity index (χ3v) is 3.77. The zero-order valence-corrected chi connectivity index (χ0v) is 13.6. The molecule has 0 aromatic heterocycles. The van der Waals surface area contributed by atoms with Crippen molar-refractivity contribution < 1.29 is 19.1 Å². The topological polar surface area (TPSA) is 52.6 Å². The van der Waals surface area contributed by atoms with Crippen LogP contribution in [0.15, 0.2) is 30.9 Å². The summed E-state index contributed by atoms with van der Waals surface area (Å²) < 4.78 is 10.7. The Morgan fingerprint density at radius 2 is 2.09 bits per heavy atom. The molecule has 0 heterocycles. The highest BCUT2D eigenvalue weighted by Crippen LogP contribution is 2.42. The van der Waals surface area contributed by atoms with Gasteiger partial charge in [-0.05, 0) is 57.4 Å². The van der Waals surface area contributed by atoms with Gasteiger partial charge in [-0.2, -0.15) is 0 Å². The van der Waals surface area contributed by atoms with E-state index >= 15 is 0 Å². The first kappa shape index (κ1) is 16.3. The van der Waals surface area contributed by atoms with Crippen LogP contribution in [0.4, 0.5) is 0 Å². The maximum absolute atomic E-state index is 12.8. The standard InChI is InChI=1S/C18H22O4/c1-6-9-18(16(20)22-17(2,3)4)11-12-10-13(21-5)7-8-14(12)15(18)19/h6-8,10H,1,9,11H2,2-5H3/t18-/m0/s1. The number of hydrogen-bond donors (Lipinski definition) is 0. The van der Waals surface area contributed by atoms with E-state index in [0.29, 0.717) is 17.7 Å². The lowest BCUT2D eigenvalue weighted by Crippen LogP contribution is -2.41. The average Bonchev–Trinajstić information content (AvgIpc) is 2.71. The maximum atomic E-state index is 12.8. The molecule has 118 valence electrons. The summed E-state index contributed by atoms with van der Waals surface area (Å²) in [4.78, 5) is 25.5. The molecule has 0 N–H and O–H groups in total. The second kappa shape index (κ2) is 5.59. The molecule has 0 saturated carbocycles. The number of carbonyl (C=O) groups excluding carboxylic acids is 2. The molecule has 1 atom stereocenters. The fourth-order valence-electron chi connectivity index (χ4n) is 2.76. The van der Waals surface area contributed by atoms with E-state index in [1.54, 1.807) is 46.1 Å². The molecule has 4 nitrogen and oxygen atoms in total. The number of hydrogen-bond acceptors (Lipinski definition) is 4. The van der Waals surface area contributed by atoms with E-state index in [0.717, 1.165) is 5.56 Å². The van der Waals surface area contributed by atoms with Gasteiger partial charge in [-0.25, -0.2) is 0 Å². The Labute approximate surface area is 131 Å². The Balaban J connectivity index is 2.43. The summed E-state index contributed by atoms with van der Waals surface area (Å²) in [7, 11) is 1.57. The van der Waals surface area contributed by atoms with Gasteiger partial charge in [0.1, 0.15) is 16.8 Å². The zero-order valence-electron chi connectivity index (χ0n) is 13.6. The van der Waals surface area contributed by atoms with Gasteiger partial charge in [-0.15, -0.1) is 6.58 Å². The number of fused-ring (bicyclic) bond motifs is 1. The molecule has 0 spiro atoms. The highest BCUT2D eigenvalue weighted by atomic mass is 16.6. The summed E-state index contributed by atoms with van der Waals surface area (Å²) in [6.45, 7) is 9.08. The fraction of sp³-hybridized carbons (Fsp3) is 0.444. The van der Waals surface area contributed by atoms with Gasteiger partial charge < -0.3 is 9.47 Å². The summed E-state index contributed by atoms with van der Waals surface area (Å²) in [5.74, 6) is -0.00971. The van der Waals surface area contributed by atoms with E-state index in [4.69, 9.17) is 9.47 Å². The normalized spacial score (nSPS) is 20.5. The van der Waals surface area contributed by atoms with Crippen LogP contribution in [0.2, 0.25) is 0 Å². The van der Waals surface area contributed by atoms with Crippen LogP contribution in [0.3, 0.4) is 0 Å². The van der Waals surface area contributed by atoms with Gasteiger partial charge in [0.05, 0.1) is 7.11 Å². The van der Waals surface area contributed by atoms with Gasteiger partial charge in [0.2, 0.25) is 0 Å². The number of methoxy groups -OCH3 is 1. The van der Waals surface area contributed by atoms with Crippen LogP contribution in [0.25, 0.3) is 0 Å². The summed E-state index contributed by atoms with van der Waals surface area (Å²) in [6, 6.07) is 5.25. The summed E-state index contributed by atoms with van der Waals surface area (Å²) >= 11 is 0. The molecule has 0 amide bonds. The second-order valence-corrected chi connectivity index (χ2v) is 6.61. The van der Waals surface area contributed by atoms with Gasteiger partial charge in [-0.3, -0.25) is 9.59 Å². The van der Waals surface area contributed by atoms with Crippen molar-refractivity contribution in [3.05, 3.63) is 42.0 Å². The molecule has 2 rings (SSSR count). The first-order chi connectivity index (χ1) is 10.2. The van der Waals surface area contributed by atoms with E-state index in [-0.39, 0.29) is 12.2 Å². The van der Waals surface area contributed by atoms with Gasteiger partial charge in [0.15, 0.2) is 5.78 Å². The third kappa shape index (κ3) is 2.78. The van der Waals surface area contributed by atoms with Gasteiger partial charge in [0.25, 0.3) is 0 Å². The van der Waals surface area contributed by atoms with Crippen molar-refractivity contribution in [2.24, 2.45) is 5.41 Å². The number of Topliss-reactive ketones (excluding diaryl/α,β-unsaturated/α-hetero) is 1. The number of allylic oxidation sites excluding steroid dienone is 1. The number of ether oxygens (including phenoxy) is 2. The number of benzene rings is 1. The SMILES string of the molecule is C=CC[C@]1(C(=O)OC(C)(C)C)Cc2cc(OC)ccc2C1=O. The molecule has 0 unspecified atom stereocenters. The molecule has 0 fully saturated rings. The predicted molar refractivity (Wildman–Crippen MR) is 84.1 cm³/mol. The van der Waals surface area contributed by atoms with Crippen molar-refractivity contribution in [1.29, 1.82) is 0 Å². The van der Waals surface area contributed by atoms with Crippen molar-refractivity contribution in [3.8, 4) is 5.75 Å². The minimum Gasteiger partial charge on any atom is -0.497 e. The van der Waals surface area contributed by atoms with E-state index in [2.05, 4.69) is 6.58 Å². The van der Waals surface area contributed by atoms with Gasteiger partial charge >= 0.3 is 5.97 Å². The lowest BCUT2D eigenvalue weighted by Gasteiger charge is -2.29. The van der Waals surface area contributed by atoms with E-state index in [9.17, 15) is 9.59 Å². The number of carbonyl (C=O) groups is 2. The number of esters is 1. The van der Waals surface area contributed by atoms with Crippen LogP contribution in [0, 0.1) is 5.41 Å². The minimum absolute atomic E-state index is 0.195. The van der Waals surface area contributed by atoms with Crippen LogP contribution >= 0.6 is 0 Å². The Kier molecular flexibility index (Phi) is 4.14. The van der Waals surface area contributed by atoms with Crippen molar-refractivity contribution in [2.45, 2.75) is 39.2 Å². The lowest BCUT2D eigenvalue weighted by atomic mass is 9.80. The van der Waals surface area contributed by atoms with E-state index < -0.39 is 17.0 Å². The van der Waals surface area contributed by atoms with Gasteiger partial charge in [0, 0.05) is 5.56 Å². The fourth-order valence-corrected chi connectivity index (χ4v) is 2.76. The van der Waals surface area contributed by atoms with E-state index in [1.165, 1.54) is 0 Å². The molecular formula is C18H22O4. The number of ketones is 1. The first-order valence-corrected chi connectivity index (χ1v) is 7.29. The smallest absolute Gasteiger partial charge is 0.321 e. The van der Waals surface area contributed by atoms with Crippen LogP contribution in [0.5, 0.6) is 5.75 Å². The molecule has 1 aliphatic rings. The summed E-state index contributed by atoms with van der Waals surface area (Å²) in [5, 5.41) is 0.